The summed E-state index contributed by atoms with van der Waals surface area (Å²) in [5, 5.41) is 37.9. The number of hydrogen-bond acceptors (Lipinski definition) is 3. The zero-order valence-electron chi connectivity index (χ0n) is 43.5. The third-order valence-corrected chi connectivity index (χ3v) is 19.8. The van der Waals surface area contributed by atoms with Crippen molar-refractivity contribution in [2.45, 2.75) is 19.6 Å². The Balaban J connectivity index is 1.21. The number of benzene rings is 11. The number of fused-ring (bicyclic) bond motifs is 16. The van der Waals surface area contributed by atoms with E-state index in [0.29, 0.717) is 33.9 Å². The molecule has 79 heavy (non-hydrogen) atoms. The molecule has 0 aliphatic rings. The molecule has 0 amide bonds. The van der Waals surface area contributed by atoms with Crippen LogP contribution in [0.5, 0.6) is 0 Å². The first-order valence-electron chi connectivity index (χ1n) is 26.8. The van der Waals surface area contributed by atoms with E-state index >= 15 is 0 Å². The summed E-state index contributed by atoms with van der Waals surface area (Å²) in [4.78, 5) is 0. The fourth-order valence-electron chi connectivity index (χ4n) is 13.3. The maximum atomic E-state index is 12.9. The van der Waals surface area contributed by atoms with Gasteiger partial charge in [0.25, 0.3) is 0 Å². The van der Waals surface area contributed by atoms with Crippen LogP contribution in [0.1, 0.15) is 11.1 Å². The van der Waals surface area contributed by atoms with Crippen molar-refractivity contribution in [1.29, 1.82) is 10.5 Å². The Bertz CT molecular complexity index is 5250. The number of nitrogens with zero attached hydrogens (tertiary/aromatic N) is 6. The quantitative estimate of drug-likeness (QED) is 0.156. The second-order valence-electron chi connectivity index (χ2n) is 21.8. The third kappa shape index (κ3) is 6.24. The largest absolute Gasteiger partial charge is 0.306 e. The maximum absolute atomic E-state index is 12.9. The van der Waals surface area contributed by atoms with Gasteiger partial charge >= 0.3 is 0 Å². The van der Waals surface area contributed by atoms with Crippen LogP contribution in [0.2, 0.25) is 19.6 Å². The lowest BCUT2D eigenvalue weighted by Gasteiger charge is -2.27. The van der Waals surface area contributed by atoms with E-state index in [0.717, 1.165) is 103 Å². The second kappa shape index (κ2) is 16.8. The van der Waals surface area contributed by atoms with Gasteiger partial charge in [0.1, 0.15) is 23.3 Å². The van der Waals surface area contributed by atoms with E-state index < -0.39 is 8.07 Å². The lowest BCUT2D eigenvalue weighted by atomic mass is 9.98. The van der Waals surface area contributed by atoms with Crippen LogP contribution >= 0.6 is 11.3 Å². The van der Waals surface area contributed by atoms with Gasteiger partial charge in [-0.2, -0.15) is 10.5 Å². The van der Waals surface area contributed by atoms with Gasteiger partial charge in [0.2, 0.25) is 0 Å². The normalized spacial score (nSPS) is 12.2. The molecule has 8 heteroatoms. The van der Waals surface area contributed by atoms with E-state index in [1.807, 2.05) is 0 Å². The predicted molar refractivity (Wildman–Crippen MR) is 335 cm³/mol. The minimum Gasteiger partial charge on any atom is -0.306 e. The molecule has 0 fully saturated rings. The van der Waals surface area contributed by atoms with Crippen LogP contribution in [-0.4, -0.2) is 26.3 Å². The predicted octanol–water partition coefficient (Wildman–Crippen LogP) is 18.4. The molecule has 0 unspecified atom stereocenters. The van der Waals surface area contributed by atoms with Gasteiger partial charge in [0.15, 0.2) is 0 Å². The first kappa shape index (κ1) is 45.3. The Labute approximate surface area is 459 Å². The molecule has 0 bridgehead atoms. The average molecular weight is 1040 g/mol. The van der Waals surface area contributed by atoms with Crippen molar-refractivity contribution in [2.24, 2.45) is 0 Å². The lowest BCUT2D eigenvalue weighted by molar-refractivity contribution is 1.03. The topological polar surface area (TPSA) is 67.3 Å². The third-order valence-electron chi connectivity index (χ3n) is 16.6. The van der Waals surface area contributed by atoms with E-state index in [2.05, 4.69) is 275 Å². The van der Waals surface area contributed by atoms with Crippen molar-refractivity contribution in [3.05, 3.63) is 236 Å². The van der Waals surface area contributed by atoms with Gasteiger partial charge in [-0.15, -0.1) is 11.3 Å². The van der Waals surface area contributed by atoms with E-state index in [1.165, 1.54) is 20.8 Å². The molecule has 16 rings (SSSR count). The molecule has 11 aromatic carbocycles. The Morgan fingerprint density at radius 1 is 0.342 bits per heavy atom. The molecule has 0 N–H and O–H groups in total. The van der Waals surface area contributed by atoms with Crippen molar-refractivity contribution in [3.63, 3.8) is 0 Å². The fourth-order valence-corrected chi connectivity index (χ4v) is 16.2. The van der Waals surface area contributed by atoms with Crippen LogP contribution in [0.25, 0.3) is 141 Å². The fraction of sp³-hybridized carbons (Fsp3) is 0.0423. The Morgan fingerprint density at radius 3 is 1.15 bits per heavy atom. The maximum Gasteiger partial charge on any atom is 0.104 e. The summed E-state index contributed by atoms with van der Waals surface area (Å²) in [7, 11) is -1.80. The summed E-state index contributed by atoms with van der Waals surface area (Å²) in [5.41, 5.74) is 13.3. The first-order valence-corrected chi connectivity index (χ1v) is 31.1. The van der Waals surface area contributed by atoms with Gasteiger partial charge in [-0.3, -0.25) is 0 Å². The van der Waals surface area contributed by atoms with E-state index in [4.69, 9.17) is 0 Å². The Kier molecular flexibility index (Phi) is 9.60. The number of aromatic nitrogens is 4. The number of nitriles is 2. The van der Waals surface area contributed by atoms with Crippen LogP contribution < -0.4 is 5.19 Å². The Morgan fingerprint density at radius 2 is 0.709 bits per heavy atom. The highest BCUT2D eigenvalue weighted by Crippen LogP contribution is 2.51. The molecule has 0 aliphatic carbocycles. The summed E-state index contributed by atoms with van der Waals surface area (Å²) >= 11 is 1.78. The van der Waals surface area contributed by atoms with Crippen LogP contribution in [0.15, 0.2) is 224 Å². The van der Waals surface area contributed by atoms with Crippen LogP contribution in [0.3, 0.4) is 0 Å². The standard InChI is InChI=1S/C71H46N6SSi/c1-79(2,3)65-35-19-11-20-44(65)43-36-39-63-54(40-43)52-37-38-53-51-27-10-18-34-64(51)78-71(53)70(52)77(63)69-56(42-73)67(75-59-30-14-6-23-47(59)48-24-7-15-31-60(48)75)66(74-57-28-12-4-21-45(57)46-22-5-13-29-58(46)74)55(41-72)68(69)76-61-32-16-8-25-49(61)50-26-9-17-33-62(50)76/h4-40H,1-3H3. The summed E-state index contributed by atoms with van der Waals surface area (Å²) < 4.78 is 11.5. The minimum absolute atomic E-state index is 0.433. The molecule has 0 saturated heterocycles. The van der Waals surface area contributed by atoms with E-state index in [9.17, 15) is 10.5 Å². The van der Waals surface area contributed by atoms with Gasteiger partial charge in [-0.1, -0.05) is 195 Å². The van der Waals surface area contributed by atoms with Crippen molar-refractivity contribution in [1.82, 2.24) is 18.3 Å². The molecule has 0 aliphatic heterocycles. The van der Waals surface area contributed by atoms with Crippen LogP contribution in [0, 0.1) is 22.7 Å². The number of rotatable bonds is 6. The summed E-state index contributed by atoms with van der Waals surface area (Å²) in [6, 6.07) is 86.0. The lowest BCUT2D eigenvalue weighted by Crippen LogP contribution is -2.38. The number of para-hydroxylation sites is 6. The van der Waals surface area contributed by atoms with Gasteiger partial charge in [-0.25, -0.2) is 0 Å². The molecule has 5 aromatic heterocycles. The monoisotopic (exact) mass is 1040 g/mol. The highest BCUT2D eigenvalue weighted by atomic mass is 32.1. The van der Waals surface area contributed by atoms with Crippen molar-refractivity contribution in [2.75, 3.05) is 0 Å². The molecular weight excluding hydrogens is 997 g/mol. The van der Waals surface area contributed by atoms with Crippen LogP contribution in [-0.2, 0) is 0 Å². The SMILES string of the molecule is C[Si](C)(C)c1ccccc1-c1ccc2c(c1)c1ccc3c4ccccc4sc3c1n2-c1c(C#N)c(-n2c3ccccc3c3ccccc32)c(-n2c3ccccc3c3ccccc32)c(C#N)c1-n1c2ccccc2c2ccccc21. The van der Waals surface area contributed by atoms with Crippen molar-refractivity contribution >= 4 is 132 Å². The highest BCUT2D eigenvalue weighted by Gasteiger charge is 2.35. The van der Waals surface area contributed by atoms with Gasteiger partial charge in [0.05, 0.1) is 79.7 Å². The zero-order valence-corrected chi connectivity index (χ0v) is 45.3. The second-order valence-corrected chi connectivity index (χ2v) is 27.9. The Hall–Kier alpha value is -9.96. The highest BCUT2D eigenvalue weighted by molar-refractivity contribution is 7.26. The summed E-state index contributed by atoms with van der Waals surface area (Å²) in [6.45, 7) is 7.25. The molecule has 0 atom stereocenters. The molecule has 370 valence electrons. The van der Waals surface area contributed by atoms with E-state index in [-0.39, 0.29) is 0 Å². The number of thiophene rings is 1. The zero-order chi connectivity index (χ0) is 52.8. The summed E-state index contributed by atoms with van der Waals surface area (Å²) in [6.07, 6.45) is 0. The molecule has 6 nitrogen and oxygen atoms in total. The van der Waals surface area contributed by atoms with Gasteiger partial charge in [0, 0.05) is 58.6 Å². The smallest absolute Gasteiger partial charge is 0.104 e. The molecule has 0 radical (unpaired) electrons. The molecule has 0 spiro atoms. The minimum atomic E-state index is -1.80. The molecular formula is C71H46N6SSi. The van der Waals surface area contributed by atoms with E-state index in [1.54, 1.807) is 11.3 Å². The molecule has 5 heterocycles. The number of hydrogen-bond donors (Lipinski definition) is 0. The van der Waals surface area contributed by atoms with Crippen molar-refractivity contribution < 1.29 is 0 Å². The molecule has 16 aromatic rings. The molecule has 0 saturated carbocycles. The van der Waals surface area contributed by atoms with Gasteiger partial charge in [-0.05, 0) is 65.7 Å². The van der Waals surface area contributed by atoms with Crippen molar-refractivity contribution in [3.8, 4) is 46.0 Å². The van der Waals surface area contributed by atoms with Crippen LogP contribution in [0.4, 0.5) is 0 Å². The van der Waals surface area contributed by atoms with Gasteiger partial charge < -0.3 is 18.3 Å². The summed E-state index contributed by atoms with van der Waals surface area (Å²) in [5.74, 6) is 0. The first-order chi connectivity index (χ1) is 38.8. The average Bonchev–Trinajstić information content (AvgIpc) is 3.68.